The summed E-state index contributed by atoms with van der Waals surface area (Å²) in [6, 6.07) is 1.28. The van der Waals surface area contributed by atoms with Crippen LogP contribution in [0, 0.1) is 5.92 Å². The Kier molecular flexibility index (Phi) is 1.46. The molecule has 4 atom stereocenters. The topological polar surface area (TPSA) is 29.3 Å². The van der Waals surface area contributed by atoms with E-state index in [9.17, 15) is 0 Å². The number of hydrogen-bond donors (Lipinski definition) is 1. The van der Waals surface area contributed by atoms with Crippen molar-refractivity contribution in [1.82, 2.24) is 4.90 Å². The molecule has 0 saturated carbocycles. The maximum atomic E-state index is 5.88. The predicted octanol–water partition coefficient (Wildman–Crippen LogP) is 0.428. The van der Waals surface area contributed by atoms with E-state index in [-0.39, 0.29) is 0 Å². The molecule has 2 N–H and O–H groups in total. The number of fused-ring (bicyclic) bond motifs is 2. The summed E-state index contributed by atoms with van der Waals surface area (Å²) in [4.78, 5) is 2.53. The normalized spacial score (nSPS) is 53.4. The van der Waals surface area contributed by atoms with Gasteiger partial charge in [0, 0.05) is 18.6 Å². The van der Waals surface area contributed by atoms with Gasteiger partial charge in [-0.05, 0) is 32.2 Å². The second-order valence-corrected chi connectivity index (χ2v) is 3.78. The first kappa shape index (κ1) is 6.62. The molecule has 2 heteroatoms. The van der Waals surface area contributed by atoms with Gasteiger partial charge in [-0.3, -0.25) is 4.90 Å². The second-order valence-electron chi connectivity index (χ2n) is 3.78. The Hall–Kier alpha value is -0.0800. The van der Waals surface area contributed by atoms with Crippen LogP contribution >= 0.6 is 0 Å². The number of nitrogens with zero attached hydrogens (tertiary/aromatic N) is 1. The molecule has 0 radical (unpaired) electrons. The third kappa shape index (κ3) is 0.867. The van der Waals surface area contributed by atoms with E-state index in [1.54, 1.807) is 0 Å². The molecule has 2 aliphatic rings. The minimum atomic E-state index is 0.462. The average Bonchev–Trinajstić information content (AvgIpc) is 2.20. The van der Waals surface area contributed by atoms with Crippen molar-refractivity contribution in [2.75, 3.05) is 13.1 Å². The molecule has 0 amide bonds. The smallest absolute Gasteiger partial charge is 0.0171 e. The zero-order chi connectivity index (χ0) is 7.14. The molecule has 4 unspecified atom stereocenters. The third-order valence-corrected chi connectivity index (χ3v) is 3.12. The molecule has 58 valence electrons. The van der Waals surface area contributed by atoms with Crippen molar-refractivity contribution in [3.63, 3.8) is 0 Å². The van der Waals surface area contributed by atoms with Crippen LogP contribution < -0.4 is 5.73 Å². The van der Waals surface area contributed by atoms with Gasteiger partial charge >= 0.3 is 0 Å². The molecule has 2 rings (SSSR count). The highest BCUT2D eigenvalue weighted by molar-refractivity contribution is 4.92. The van der Waals surface area contributed by atoms with Crippen LogP contribution in [0.3, 0.4) is 0 Å². The summed E-state index contributed by atoms with van der Waals surface area (Å²) in [5, 5.41) is 0. The Morgan fingerprint density at radius 3 is 3.00 bits per heavy atom. The molecule has 10 heavy (non-hydrogen) atoms. The van der Waals surface area contributed by atoms with E-state index in [1.807, 2.05) is 0 Å². The zero-order valence-corrected chi connectivity index (χ0v) is 6.59. The summed E-state index contributed by atoms with van der Waals surface area (Å²) in [5.41, 5.74) is 5.88. The first-order valence-corrected chi connectivity index (χ1v) is 4.27. The third-order valence-electron chi connectivity index (χ3n) is 3.12. The highest BCUT2D eigenvalue weighted by Crippen LogP contribution is 2.31. The Morgan fingerprint density at radius 2 is 2.30 bits per heavy atom. The average molecular weight is 140 g/mol. The number of rotatable bonds is 0. The fourth-order valence-corrected chi connectivity index (χ4v) is 2.41. The van der Waals surface area contributed by atoms with Gasteiger partial charge in [-0.15, -0.1) is 0 Å². The molecular formula is C8H16N2. The highest BCUT2D eigenvalue weighted by atomic mass is 15.2. The van der Waals surface area contributed by atoms with E-state index < -0.39 is 0 Å². The van der Waals surface area contributed by atoms with Crippen LogP contribution in [0.5, 0.6) is 0 Å². The minimum Gasteiger partial charge on any atom is -0.327 e. The summed E-state index contributed by atoms with van der Waals surface area (Å²) in [6.07, 6.45) is 2.65. The van der Waals surface area contributed by atoms with Gasteiger partial charge in [0.1, 0.15) is 0 Å². The summed E-state index contributed by atoms with van der Waals surface area (Å²) in [6.45, 7) is 4.76. The van der Waals surface area contributed by atoms with Crippen molar-refractivity contribution in [2.45, 2.75) is 31.8 Å². The first-order valence-electron chi connectivity index (χ1n) is 4.27. The van der Waals surface area contributed by atoms with Crippen LogP contribution in [-0.4, -0.2) is 30.1 Å². The molecule has 2 bridgehead atoms. The van der Waals surface area contributed by atoms with E-state index in [4.69, 9.17) is 5.73 Å². The van der Waals surface area contributed by atoms with Gasteiger partial charge < -0.3 is 5.73 Å². The molecule has 2 aliphatic heterocycles. The van der Waals surface area contributed by atoms with Crippen molar-refractivity contribution in [1.29, 1.82) is 0 Å². The lowest BCUT2D eigenvalue weighted by molar-refractivity contribution is 0.172. The van der Waals surface area contributed by atoms with Crippen LogP contribution in [0.4, 0.5) is 0 Å². The van der Waals surface area contributed by atoms with Gasteiger partial charge in [-0.2, -0.15) is 0 Å². The molecule has 0 aromatic rings. The summed E-state index contributed by atoms with van der Waals surface area (Å²) in [5.74, 6) is 0.906. The predicted molar refractivity (Wildman–Crippen MR) is 41.7 cm³/mol. The SMILES string of the molecule is CC1C2CCN1CC(N)C2. The number of hydrogen-bond acceptors (Lipinski definition) is 2. The molecule has 2 fully saturated rings. The van der Waals surface area contributed by atoms with Gasteiger partial charge in [0.15, 0.2) is 0 Å². The zero-order valence-electron chi connectivity index (χ0n) is 6.59. The Morgan fingerprint density at radius 1 is 1.50 bits per heavy atom. The first-order chi connectivity index (χ1) is 4.77. The second kappa shape index (κ2) is 2.21. The van der Waals surface area contributed by atoms with E-state index in [2.05, 4.69) is 11.8 Å². The molecule has 0 aromatic carbocycles. The van der Waals surface area contributed by atoms with Crippen LogP contribution in [0.1, 0.15) is 19.8 Å². The lowest BCUT2D eigenvalue weighted by atomic mass is 9.91. The van der Waals surface area contributed by atoms with E-state index in [1.165, 1.54) is 19.4 Å². The van der Waals surface area contributed by atoms with Crippen LogP contribution in [0.25, 0.3) is 0 Å². The van der Waals surface area contributed by atoms with Gasteiger partial charge in [-0.1, -0.05) is 0 Å². The fourth-order valence-electron chi connectivity index (χ4n) is 2.41. The largest absolute Gasteiger partial charge is 0.327 e. The maximum absolute atomic E-state index is 5.88. The molecule has 2 nitrogen and oxygen atoms in total. The number of nitrogens with two attached hydrogens (primary N) is 1. The molecule has 0 spiro atoms. The Balaban J connectivity index is 2.09. The van der Waals surface area contributed by atoms with Gasteiger partial charge in [0.25, 0.3) is 0 Å². The fraction of sp³-hybridized carbons (Fsp3) is 1.00. The van der Waals surface area contributed by atoms with Gasteiger partial charge in [-0.25, -0.2) is 0 Å². The van der Waals surface area contributed by atoms with E-state index in [0.717, 1.165) is 18.5 Å². The Labute approximate surface area is 62.4 Å². The minimum absolute atomic E-state index is 0.462. The summed E-state index contributed by atoms with van der Waals surface area (Å²) < 4.78 is 0. The van der Waals surface area contributed by atoms with Crippen LogP contribution in [0.2, 0.25) is 0 Å². The lowest BCUT2D eigenvalue weighted by Crippen LogP contribution is -2.46. The van der Waals surface area contributed by atoms with Crippen molar-refractivity contribution in [3.8, 4) is 0 Å². The van der Waals surface area contributed by atoms with Crippen molar-refractivity contribution in [3.05, 3.63) is 0 Å². The van der Waals surface area contributed by atoms with E-state index in [0.29, 0.717) is 6.04 Å². The van der Waals surface area contributed by atoms with Crippen LogP contribution in [0.15, 0.2) is 0 Å². The van der Waals surface area contributed by atoms with Crippen molar-refractivity contribution in [2.24, 2.45) is 11.7 Å². The maximum Gasteiger partial charge on any atom is 0.0171 e. The monoisotopic (exact) mass is 140 g/mol. The molecule has 2 saturated heterocycles. The van der Waals surface area contributed by atoms with Gasteiger partial charge in [0.05, 0.1) is 0 Å². The summed E-state index contributed by atoms with van der Waals surface area (Å²) in [7, 11) is 0. The molecule has 0 aliphatic carbocycles. The standard InChI is InChI=1S/C8H16N2/c1-6-7-2-3-10(6)5-8(9)4-7/h6-8H,2-5,9H2,1H3. The molecular weight excluding hydrogens is 124 g/mol. The molecule has 0 aromatic heterocycles. The number of piperidine rings is 1. The quantitative estimate of drug-likeness (QED) is 0.528. The van der Waals surface area contributed by atoms with Crippen molar-refractivity contribution >= 4 is 0 Å². The molecule has 2 heterocycles. The van der Waals surface area contributed by atoms with E-state index >= 15 is 0 Å². The van der Waals surface area contributed by atoms with Crippen molar-refractivity contribution < 1.29 is 0 Å². The summed E-state index contributed by atoms with van der Waals surface area (Å²) >= 11 is 0. The highest BCUT2D eigenvalue weighted by Gasteiger charge is 2.36. The van der Waals surface area contributed by atoms with Crippen LogP contribution in [-0.2, 0) is 0 Å². The van der Waals surface area contributed by atoms with Gasteiger partial charge in [0.2, 0.25) is 0 Å². The lowest BCUT2D eigenvalue weighted by Gasteiger charge is -2.33. The Bertz CT molecular complexity index is 121.